The Kier molecular flexibility index (Phi) is 5.72. The number of amides is 1. The number of carbonyl (C=O) groups excluding carboxylic acids is 1. The lowest BCUT2D eigenvalue weighted by molar-refractivity contribution is -0.147. The highest BCUT2D eigenvalue weighted by molar-refractivity contribution is 5.78. The first kappa shape index (κ1) is 17.0. The van der Waals surface area contributed by atoms with E-state index in [1.54, 1.807) is 13.8 Å². The number of aliphatic carboxylic acids is 1. The summed E-state index contributed by atoms with van der Waals surface area (Å²) >= 11 is 0. The Balaban J connectivity index is 2.55. The van der Waals surface area contributed by atoms with Crippen LogP contribution in [0, 0.1) is 5.41 Å². The summed E-state index contributed by atoms with van der Waals surface area (Å²) in [7, 11) is 0. The van der Waals surface area contributed by atoms with Gasteiger partial charge in [-0.05, 0) is 44.4 Å². The molecule has 0 aliphatic carbocycles. The van der Waals surface area contributed by atoms with Crippen molar-refractivity contribution in [3.8, 4) is 0 Å². The van der Waals surface area contributed by atoms with E-state index < -0.39 is 17.3 Å². The van der Waals surface area contributed by atoms with E-state index in [4.69, 9.17) is 16.6 Å². The number of anilines is 1. The standard InChI is InChI=1S/C15H23N3O3/c1-15(2,14(20)21)8-11(16)7-10-3-5-12(6-4-10)18-9-13(17)19/h3-6,11,18H,7-9,16H2,1-2H3,(H2,17,19)(H,20,21). The number of carboxylic acids is 1. The smallest absolute Gasteiger partial charge is 0.309 e. The molecule has 0 fully saturated rings. The van der Waals surface area contributed by atoms with Gasteiger partial charge in [0, 0.05) is 11.7 Å². The monoisotopic (exact) mass is 293 g/mol. The molecule has 0 aromatic heterocycles. The number of rotatable bonds is 8. The summed E-state index contributed by atoms with van der Waals surface area (Å²) < 4.78 is 0. The molecule has 1 aromatic carbocycles. The predicted octanol–water partition coefficient (Wildman–Crippen LogP) is 0.955. The Morgan fingerprint density at radius 2 is 1.86 bits per heavy atom. The van der Waals surface area contributed by atoms with E-state index in [0.717, 1.165) is 11.3 Å². The van der Waals surface area contributed by atoms with E-state index in [2.05, 4.69) is 5.32 Å². The Morgan fingerprint density at radius 1 is 1.29 bits per heavy atom. The molecule has 1 rings (SSSR count). The average molecular weight is 293 g/mol. The fourth-order valence-corrected chi connectivity index (χ4v) is 2.07. The van der Waals surface area contributed by atoms with Gasteiger partial charge >= 0.3 is 5.97 Å². The minimum atomic E-state index is -0.844. The van der Waals surface area contributed by atoms with Crippen LogP contribution in [0.1, 0.15) is 25.8 Å². The maximum absolute atomic E-state index is 11.1. The van der Waals surface area contributed by atoms with Gasteiger partial charge in [-0.1, -0.05) is 12.1 Å². The quantitative estimate of drug-likeness (QED) is 0.569. The van der Waals surface area contributed by atoms with Gasteiger partial charge in [0.1, 0.15) is 0 Å². The molecule has 0 aliphatic heterocycles. The largest absolute Gasteiger partial charge is 0.481 e. The molecule has 21 heavy (non-hydrogen) atoms. The zero-order valence-electron chi connectivity index (χ0n) is 12.4. The molecule has 0 saturated carbocycles. The summed E-state index contributed by atoms with van der Waals surface area (Å²) in [6.07, 6.45) is 1.01. The van der Waals surface area contributed by atoms with Crippen LogP contribution in [0.2, 0.25) is 0 Å². The Morgan fingerprint density at radius 3 is 2.33 bits per heavy atom. The van der Waals surface area contributed by atoms with Crippen LogP contribution in [0.15, 0.2) is 24.3 Å². The number of hydrogen-bond acceptors (Lipinski definition) is 4. The van der Waals surface area contributed by atoms with Gasteiger partial charge in [0.05, 0.1) is 12.0 Å². The molecule has 1 aromatic rings. The van der Waals surface area contributed by atoms with Crippen molar-refractivity contribution in [2.75, 3.05) is 11.9 Å². The number of primary amides is 1. The first-order valence-corrected chi connectivity index (χ1v) is 6.81. The van der Waals surface area contributed by atoms with E-state index in [0.29, 0.717) is 12.8 Å². The van der Waals surface area contributed by atoms with E-state index in [9.17, 15) is 9.59 Å². The predicted molar refractivity (Wildman–Crippen MR) is 81.8 cm³/mol. The van der Waals surface area contributed by atoms with Gasteiger partial charge in [-0.15, -0.1) is 0 Å². The summed E-state index contributed by atoms with van der Waals surface area (Å²) in [6, 6.07) is 7.26. The summed E-state index contributed by atoms with van der Waals surface area (Å²) in [5, 5.41) is 12.0. The second-order valence-electron chi connectivity index (χ2n) is 5.87. The average Bonchev–Trinajstić information content (AvgIpc) is 2.36. The van der Waals surface area contributed by atoms with Gasteiger partial charge < -0.3 is 21.9 Å². The Bertz CT molecular complexity index is 497. The molecule has 0 bridgehead atoms. The van der Waals surface area contributed by atoms with Crippen molar-refractivity contribution in [3.05, 3.63) is 29.8 Å². The van der Waals surface area contributed by atoms with Gasteiger partial charge in [0.2, 0.25) is 5.91 Å². The molecule has 1 atom stereocenters. The molecular weight excluding hydrogens is 270 g/mol. The lowest BCUT2D eigenvalue weighted by Gasteiger charge is -2.23. The number of carboxylic acid groups (broad SMARTS) is 1. The molecule has 1 unspecified atom stereocenters. The third-order valence-electron chi connectivity index (χ3n) is 3.27. The molecule has 0 aliphatic rings. The molecule has 0 heterocycles. The minimum absolute atomic E-state index is 0.0889. The Labute approximate surface area is 124 Å². The fraction of sp³-hybridized carbons (Fsp3) is 0.467. The first-order valence-electron chi connectivity index (χ1n) is 6.81. The maximum Gasteiger partial charge on any atom is 0.309 e. The topological polar surface area (TPSA) is 118 Å². The number of hydrogen-bond donors (Lipinski definition) is 4. The molecule has 6 heteroatoms. The molecule has 116 valence electrons. The summed E-state index contributed by atoms with van der Waals surface area (Å²) in [5.74, 6) is -1.26. The van der Waals surface area contributed by atoms with Crippen molar-refractivity contribution < 1.29 is 14.7 Å². The summed E-state index contributed by atoms with van der Waals surface area (Å²) in [6.45, 7) is 3.43. The van der Waals surface area contributed by atoms with Crippen LogP contribution in [0.4, 0.5) is 5.69 Å². The van der Waals surface area contributed by atoms with Crippen molar-refractivity contribution in [1.29, 1.82) is 0 Å². The van der Waals surface area contributed by atoms with E-state index in [-0.39, 0.29) is 12.6 Å². The molecule has 0 spiro atoms. The second-order valence-corrected chi connectivity index (χ2v) is 5.87. The summed E-state index contributed by atoms with van der Waals surface area (Å²) in [5.41, 5.74) is 12.1. The molecule has 1 amide bonds. The van der Waals surface area contributed by atoms with Crippen molar-refractivity contribution in [2.45, 2.75) is 32.7 Å². The summed E-state index contributed by atoms with van der Waals surface area (Å²) in [4.78, 5) is 21.7. The van der Waals surface area contributed by atoms with Crippen molar-refractivity contribution in [3.63, 3.8) is 0 Å². The van der Waals surface area contributed by atoms with E-state index in [1.165, 1.54) is 0 Å². The zero-order chi connectivity index (χ0) is 16.0. The maximum atomic E-state index is 11.1. The van der Waals surface area contributed by atoms with Gasteiger partial charge in [-0.25, -0.2) is 0 Å². The number of carbonyl (C=O) groups is 2. The molecule has 6 nitrogen and oxygen atoms in total. The molecule has 0 radical (unpaired) electrons. The van der Waals surface area contributed by atoms with Gasteiger partial charge in [-0.2, -0.15) is 0 Å². The highest BCUT2D eigenvalue weighted by Gasteiger charge is 2.29. The van der Waals surface area contributed by atoms with Crippen molar-refractivity contribution in [1.82, 2.24) is 0 Å². The van der Waals surface area contributed by atoms with Crippen molar-refractivity contribution in [2.24, 2.45) is 16.9 Å². The molecule has 0 saturated heterocycles. The molecule has 6 N–H and O–H groups in total. The number of benzene rings is 1. The second kappa shape index (κ2) is 7.08. The van der Waals surface area contributed by atoms with E-state index >= 15 is 0 Å². The van der Waals surface area contributed by atoms with Crippen LogP contribution >= 0.6 is 0 Å². The van der Waals surface area contributed by atoms with Gasteiger partial charge in [0.25, 0.3) is 0 Å². The number of nitrogens with one attached hydrogen (secondary N) is 1. The lowest BCUT2D eigenvalue weighted by Crippen LogP contribution is -2.34. The van der Waals surface area contributed by atoms with Crippen LogP contribution < -0.4 is 16.8 Å². The van der Waals surface area contributed by atoms with Gasteiger partial charge in [-0.3, -0.25) is 9.59 Å². The minimum Gasteiger partial charge on any atom is -0.481 e. The third kappa shape index (κ3) is 5.83. The van der Waals surface area contributed by atoms with Crippen LogP contribution in [-0.4, -0.2) is 29.6 Å². The van der Waals surface area contributed by atoms with Crippen LogP contribution in [0.5, 0.6) is 0 Å². The van der Waals surface area contributed by atoms with Gasteiger partial charge in [0.15, 0.2) is 0 Å². The van der Waals surface area contributed by atoms with E-state index in [1.807, 2.05) is 24.3 Å². The first-order chi connectivity index (χ1) is 9.70. The highest BCUT2D eigenvalue weighted by Crippen LogP contribution is 2.23. The normalized spacial score (nSPS) is 12.7. The highest BCUT2D eigenvalue weighted by atomic mass is 16.4. The van der Waals surface area contributed by atoms with Crippen LogP contribution in [0.25, 0.3) is 0 Å². The zero-order valence-corrected chi connectivity index (χ0v) is 12.4. The van der Waals surface area contributed by atoms with Crippen LogP contribution in [-0.2, 0) is 16.0 Å². The Hall–Kier alpha value is -2.08. The number of nitrogens with two attached hydrogens (primary N) is 2. The SMILES string of the molecule is CC(C)(CC(N)Cc1ccc(NCC(N)=O)cc1)C(=O)O. The fourth-order valence-electron chi connectivity index (χ4n) is 2.07. The third-order valence-corrected chi connectivity index (χ3v) is 3.27. The van der Waals surface area contributed by atoms with Crippen molar-refractivity contribution >= 4 is 17.6 Å². The van der Waals surface area contributed by atoms with Crippen LogP contribution in [0.3, 0.4) is 0 Å². The lowest BCUT2D eigenvalue weighted by atomic mass is 9.84. The molecular formula is C15H23N3O3.